The lowest BCUT2D eigenvalue weighted by molar-refractivity contribution is 0.0771. The van der Waals surface area contributed by atoms with E-state index in [1.165, 1.54) is 0 Å². The van der Waals surface area contributed by atoms with E-state index < -0.39 is 6.09 Å². The number of nitrogens with zero attached hydrogens (tertiary/aromatic N) is 5. The molecule has 0 bridgehead atoms. The van der Waals surface area contributed by atoms with Crippen LogP contribution in [-0.4, -0.2) is 88.8 Å². The number of hydrogen-bond donors (Lipinski definition) is 1. The monoisotopic (exact) mass is 570 g/mol. The molecule has 0 aliphatic carbocycles. The number of rotatable bonds is 8. The summed E-state index contributed by atoms with van der Waals surface area (Å²) in [6, 6.07) is 13.7. The topological polar surface area (TPSA) is 110 Å². The van der Waals surface area contributed by atoms with Crippen molar-refractivity contribution in [3.8, 4) is 11.4 Å². The highest BCUT2D eigenvalue weighted by atomic mass is 16.6. The van der Waals surface area contributed by atoms with Crippen LogP contribution in [-0.2, 0) is 9.47 Å². The van der Waals surface area contributed by atoms with E-state index in [-0.39, 0.29) is 18.1 Å². The number of likely N-dealkylation sites (tertiary alicyclic amines) is 2. The summed E-state index contributed by atoms with van der Waals surface area (Å²) >= 11 is 0. The first kappa shape index (κ1) is 28.2. The van der Waals surface area contributed by atoms with Crippen molar-refractivity contribution >= 4 is 12.0 Å². The molecule has 3 unspecified atom stereocenters. The minimum absolute atomic E-state index is 0.0201. The number of pyridine rings is 1. The average molecular weight is 571 g/mol. The molecule has 10 nitrogen and oxygen atoms in total. The Hall–Kier alpha value is -3.89. The Balaban J connectivity index is 1.04. The second-order valence-electron chi connectivity index (χ2n) is 11.6. The standard InChI is InChI=1S/C32H38N6O4/c1-21-29(22(2)35-30(34-21)24-8-12-33-13-9-24)31(39)38-18-25-16-37(17-26(25)19-38)14-10-28(23-6-4-3-5-7-23)36-32(40)42-27-11-15-41-20-27/h3-9,12-13,25-28H,10-11,14-20H2,1-2H3,(H,36,40)/t25-,26?,27?,28?/m0/s1. The van der Waals surface area contributed by atoms with E-state index in [0.29, 0.717) is 47.8 Å². The van der Waals surface area contributed by atoms with Crippen molar-refractivity contribution in [2.45, 2.75) is 38.8 Å². The van der Waals surface area contributed by atoms with E-state index in [9.17, 15) is 9.59 Å². The Morgan fingerprint density at radius 3 is 2.33 bits per heavy atom. The number of carbonyl (C=O) groups is 2. The highest BCUT2D eigenvalue weighted by Crippen LogP contribution is 2.33. The Morgan fingerprint density at radius 1 is 1.00 bits per heavy atom. The van der Waals surface area contributed by atoms with Gasteiger partial charge in [-0.05, 0) is 49.8 Å². The molecule has 0 saturated carbocycles. The van der Waals surface area contributed by atoms with Gasteiger partial charge in [0, 0.05) is 57.1 Å². The predicted molar refractivity (Wildman–Crippen MR) is 157 cm³/mol. The van der Waals surface area contributed by atoms with Crippen LogP contribution in [0.3, 0.4) is 0 Å². The van der Waals surface area contributed by atoms with E-state index >= 15 is 0 Å². The fourth-order valence-corrected chi connectivity index (χ4v) is 6.51. The summed E-state index contributed by atoms with van der Waals surface area (Å²) in [5.74, 6) is 1.50. The third kappa shape index (κ3) is 6.29. The molecule has 0 radical (unpaired) electrons. The number of ether oxygens (including phenoxy) is 2. The molecule has 1 aromatic carbocycles. The van der Waals surface area contributed by atoms with Gasteiger partial charge in [0.1, 0.15) is 6.10 Å². The fourth-order valence-electron chi connectivity index (χ4n) is 6.51. The zero-order chi connectivity index (χ0) is 29.1. The largest absolute Gasteiger partial charge is 0.444 e. The number of aromatic nitrogens is 3. The van der Waals surface area contributed by atoms with E-state index in [0.717, 1.165) is 56.7 Å². The van der Waals surface area contributed by atoms with E-state index in [1.54, 1.807) is 12.4 Å². The summed E-state index contributed by atoms with van der Waals surface area (Å²) in [4.78, 5) is 44.1. The lowest BCUT2D eigenvalue weighted by Crippen LogP contribution is -2.36. The number of nitrogens with one attached hydrogen (secondary N) is 1. The lowest BCUT2D eigenvalue weighted by atomic mass is 10.0. The minimum Gasteiger partial charge on any atom is -0.444 e. The summed E-state index contributed by atoms with van der Waals surface area (Å²) in [5.41, 5.74) is 3.97. The number of carbonyl (C=O) groups excluding carboxylic acids is 2. The first-order valence-electron chi connectivity index (χ1n) is 14.8. The summed E-state index contributed by atoms with van der Waals surface area (Å²) in [6.07, 6.45) is 4.38. The fraction of sp³-hybridized carbons (Fsp3) is 0.469. The van der Waals surface area contributed by atoms with Crippen molar-refractivity contribution in [2.24, 2.45) is 11.8 Å². The van der Waals surface area contributed by atoms with Gasteiger partial charge in [0.15, 0.2) is 5.82 Å². The number of hydrogen-bond acceptors (Lipinski definition) is 8. The molecule has 4 atom stereocenters. The van der Waals surface area contributed by atoms with E-state index in [1.807, 2.05) is 61.2 Å². The normalized spacial score (nSPS) is 22.6. The minimum atomic E-state index is -0.393. The van der Waals surface area contributed by atoms with Crippen LogP contribution in [0.1, 0.15) is 46.2 Å². The molecule has 3 aliphatic heterocycles. The van der Waals surface area contributed by atoms with Crippen LogP contribution < -0.4 is 5.32 Å². The Morgan fingerprint density at radius 2 is 1.69 bits per heavy atom. The maximum absolute atomic E-state index is 13.6. The molecular formula is C32H38N6O4. The lowest BCUT2D eigenvalue weighted by Gasteiger charge is -2.25. The van der Waals surface area contributed by atoms with Gasteiger partial charge in [-0.25, -0.2) is 14.8 Å². The summed E-state index contributed by atoms with van der Waals surface area (Å²) < 4.78 is 10.9. The smallest absolute Gasteiger partial charge is 0.407 e. The molecule has 1 N–H and O–H groups in total. The van der Waals surface area contributed by atoms with Gasteiger partial charge < -0.3 is 24.6 Å². The number of fused-ring (bicyclic) bond motifs is 1. The van der Waals surface area contributed by atoms with Crippen molar-refractivity contribution in [3.63, 3.8) is 0 Å². The molecule has 3 aliphatic rings. The van der Waals surface area contributed by atoms with Gasteiger partial charge in [0.2, 0.25) is 0 Å². The van der Waals surface area contributed by atoms with Crippen molar-refractivity contribution in [2.75, 3.05) is 45.9 Å². The summed E-state index contributed by atoms with van der Waals surface area (Å²) in [6.45, 7) is 9.08. The molecule has 3 aromatic rings. The van der Waals surface area contributed by atoms with Crippen LogP contribution in [0.4, 0.5) is 4.79 Å². The van der Waals surface area contributed by atoms with Gasteiger partial charge in [0.05, 0.1) is 36.2 Å². The molecule has 6 rings (SSSR count). The van der Waals surface area contributed by atoms with Crippen LogP contribution >= 0.6 is 0 Å². The van der Waals surface area contributed by atoms with E-state index in [4.69, 9.17) is 9.47 Å². The molecule has 3 saturated heterocycles. The Labute approximate surface area is 246 Å². The van der Waals surface area contributed by atoms with Crippen LogP contribution in [0.5, 0.6) is 0 Å². The zero-order valence-electron chi connectivity index (χ0n) is 24.2. The van der Waals surface area contributed by atoms with Crippen LogP contribution in [0.25, 0.3) is 11.4 Å². The van der Waals surface area contributed by atoms with Crippen molar-refractivity contribution in [1.82, 2.24) is 30.1 Å². The van der Waals surface area contributed by atoms with Crippen molar-refractivity contribution < 1.29 is 19.1 Å². The first-order valence-corrected chi connectivity index (χ1v) is 14.8. The molecule has 42 heavy (non-hydrogen) atoms. The number of amides is 2. The quantitative estimate of drug-likeness (QED) is 0.436. The van der Waals surface area contributed by atoms with Crippen LogP contribution in [0, 0.1) is 25.7 Å². The second-order valence-corrected chi connectivity index (χ2v) is 11.6. The van der Waals surface area contributed by atoms with Gasteiger partial charge in [-0.3, -0.25) is 9.78 Å². The number of benzene rings is 1. The highest BCUT2D eigenvalue weighted by Gasteiger charge is 2.42. The molecule has 220 valence electrons. The highest BCUT2D eigenvalue weighted by molar-refractivity contribution is 5.96. The van der Waals surface area contributed by atoms with Gasteiger partial charge in [-0.15, -0.1) is 0 Å². The Bertz CT molecular complexity index is 1360. The van der Waals surface area contributed by atoms with E-state index in [2.05, 4.69) is 25.2 Å². The van der Waals surface area contributed by atoms with Crippen LogP contribution in [0.15, 0.2) is 54.9 Å². The van der Waals surface area contributed by atoms with Gasteiger partial charge in [0.25, 0.3) is 5.91 Å². The van der Waals surface area contributed by atoms with Crippen LogP contribution in [0.2, 0.25) is 0 Å². The average Bonchev–Trinajstić information content (AvgIpc) is 3.73. The maximum atomic E-state index is 13.6. The predicted octanol–water partition coefficient (Wildman–Crippen LogP) is 3.81. The molecule has 5 heterocycles. The maximum Gasteiger partial charge on any atom is 0.407 e. The van der Waals surface area contributed by atoms with Gasteiger partial charge in [-0.2, -0.15) is 0 Å². The number of aryl methyl sites for hydroxylation is 2. The second kappa shape index (κ2) is 12.5. The first-order chi connectivity index (χ1) is 20.4. The van der Waals surface area contributed by atoms with Crippen molar-refractivity contribution in [1.29, 1.82) is 0 Å². The molecule has 2 aromatic heterocycles. The summed E-state index contributed by atoms with van der Waals surface area (Å²) in [7, 11) is 0. The van der Waals surface area contributed by atoms with Crippen molar-refractivity contribution in [3.05, 3.63) is 77.4 Å². The summed E-state index contributed by atoms with van der Waals surface area (Å²) in [5, 5.41) is 3.09. The Kier molecular flexibility index (Phi) is 8.43. The molecule has 10 heteroatoms. The zero-order valence-corrected chi connectivity index (χ0v) is 24.2. The molecular weight excluding hydrogens is 532 g/mol. The third-order valence-corrected chi connectivity index (χ3v) is 8.66. The molecule has 3 fully saturated rings. The third-order valence-electron chi connectivity index (χ3n) is 8.66. The SMILES string of the molecule is Cc1nc(-c2ccncc2)nc(C)c1C(=O)N1CC2CN(CCC(NC(=O)OC3CCOC3)c3ccccc3)C[C@H]2C1. The van der Waals surface area contributed by atoms with Gasteiger partial charge in [-0.1, -0.05) is 30.3 Å². The van der Waals surface area contributed by atoms with Gasteiger partial charge >= 0.3 is 6.09 Å². The number of alkyl carbamates (subject to hydrolysis) is 1. The molecule has 2 amide bonds. The molecule has 0 spiro atoms.